The summed E-state index contributed by atoms with van der Waals surface area (Å²) in [6.07, 6.45) is 2.65. The summed E-state index contributed by atoms with van der Waals surface area (Å²) in [7, 11) is 0. The normalized spacial score (nSPS) is 11.3. The average Bonchev–Trinajstić information content (AvgIpc) is 2.91. The molecule has 1 amide bonds. The molecule has 0 saturated carbocycles. The molecule has 0 aliphatic carbocycles. The van der Waals surface area contributed by atoms with Crippen LogP contribution >= 0.6 is 0 Å². The van der Waals surface area contributed by atoms with Crippen LogP contribution in [0.1, 0.15) is 36.7 Å². The summed E-state index contributed by atoms with van der Waals surface area (Å²) in [4.78, 5) is 22.8. The van der Waals surface area contributed by atoms with Crippen LogP contribution in [0.25, 0.3) is 0 Å². The summed E-state index contributed by atoms with van der Waals surface area (Å²) in [5, 5.41) is 15.4. The van der Waals surface area contributed by atoms with E-state index in [9.17, 15) is 14.0 Å². The number of hydrogen-bond donors (Lipinski definition) is 2. The van der Waals surface area contributed by atoms with Crippen molar-refractivity contribution in [1.29, 1.82) is 0 Å². The van der Waals surface area contributed by atoms with Crippen LogP contribution in [-0.2, 0) is 16.8 Å². The van der Waals surface area contributed by atoms with E-state index in [2.05, 4.69) is 10.4 Å². The molecule has 0 fully saturated rings. The van der Waals surface area contributed by atoms with Gasteiger partial charge in [-0.25, -0.2) is 4.39 Å². The fraction of sp³-hybridized carbons (Fsp3) is 0.312. The van der Waals surface area contributed by atoms with Gasteiger partial charge in [0.25, 0.3) is 5.91 Å². The molecule has 2 rings (SSSR count). The summed E-state index contributed by atoms with van der Waals surface area (Å²) in [6, 6.07) is 3.91. The van der Waals surface area contributed by atoms with Crippen molar-refractivity contribution < 1.29 is 19.1 Å². The van der Waals surface area contributed by atoms with Crippen LogP contribution in [0.2, 0.25) is 0 Å². The minimum atomic E-state index is -1.12. The van der Waals surface area contributed by atoms with Crippen LogP contribution in [0, 0.1) is 5.82 Å². The van der Waals surface area contributed by atoms with E-state index in [1.807, 2.05) is 20.8 Å². The third kappa shape index (κ3) is 4.15. The van der Waals surface area contributed by atoms with Gasteiger partial charge in [-0.3, -0.25) is 14.3 Å². The Morgan fingerprint density at radius 2 is 2.04 bits per heavy atom. The number of carboxylic acids is 1. The smallest absolute Gasteiger partial charge is 0.307 e. The van der Waals surface area contributed by atoms with Crippen LogP contribution in [0.4, 0.5) is 10.1 Å². The van der Waals surface area contributed by atoms with Gasteiger partial charge in [-0.15, -0.1) is 0 Å². The third-order valence-electron chi connectivity index (χ3n) is 3.18. The van der Waals surface area contributed by atoms with Gasteiger partial charge >= 0.3 is 5.97 Å². The number of aliphatic carboxylic acids is 1. The highest BCUT2D eigenvalue weighted by Gasteiger charge is 2.17. The van der Waals surface area contributed by atoms with Crippen LogP contribution in [0.15, 0.2) is 30.6 Å². The lowest BCUT2D eigenvalue weighted by Gasteiger charge is -2.18. The number of carboxylic acid groups (broad SMARTS) is 1. The first-order valence-electron chi connectivity index (χ1n) is 7.03. The molecule has 1 aromatic heterocycles. The number of nitrogens with zero attached hydrogens (tertiary/aromatic N) is 2. The number of aromatic nitrogens is 2. The molecule has 0 unspecified atom stereocenters. The van der Waals surface area contributed by atoms with Crippen molar-refractivity contribution in [3.63, 3.8) is 0 Å². The first kappa shape index (κ1) is 16.7. The van der Waals surface area contributed by atoms with E-state index in [1.165, 1.54) is 18.3 Å². The maximum atomic E-state index is 13.8. The van der Waals surface area contributed by atoms with Crippen molar-refractivity contribution in [1.82, 2.24) is 9.78 Å². The van der Waals surface area contributed by atoms with Crippen molar-refractivity contribution in [2.24, 2.45) is 0 Å². The molecule has 0 spiro atoms. The SMILES string of the molecule is CC(C)(C)n1cc(C(=O)Nc2ccc(CC(=O)O)c(F)c2)cn1. The minimum Gasteiger partial charge on any atom is -0.481 e. The summed E-state index contributed by atoms with van der Waals surface area (Å²) in [5.41, 5.74) is 0.430. The fourth-order valence-electron chi connectivity index (χ4n) is 1.94. The highest BCUT2D eigenvalue weighted by Crippen LogP contribution is 2.17. The molecule has 0 aliphatic heterocycles. The zero-order valence-electron chi connectivity index (χ0n) is 13.1. The second-order valence-corrected chi connectivity index (χ2v) is 6.18. The molecule has 23 heavy (non-hydrogen) atoms. The van der Waals surface area contributed by atoms with Crippen molar-refractivity contribution in [3.05, 3.63) is 47.5 Å². The molecule has 1 aromatic carbocycles. The zero-order valence-corrected chi connectivity index (χ0v) is 13.1. The van der Waals surface area contributed by atoms with Crippen LogP contribution in [0.3, 0.4) is 0 Å². The number of carbonyl (C=O) groups is 2. The molecule has 0 radical (unpaired) electrons. The number of nitrogens with one attached hydrogen (secondary N) is 1. The molecular formula is C16H18FN3O3. The third-order valence-corrected chi connectivity index (χ3v) is 3.18. The Morgan fingerprint density at radius 1 is 1.35 bits per heavy atom. The van der Waals surface area contributed by atoms with Crippen molar-refractivity contribution in [2.45, 2.75) is 32.7 Å². The van der Waals surface area contributed by atoms with Gasteiger partial charge in [-0.2, -0.15) is 5.10 Å². The molecule has 2 aromatic rings. The van der Waals surface area contributed by atoms with Crippen molar-refractivity contribution in [2.75, 3.05) is 5.32 Å². The molecule has 122 valence electrons. The second kappa shape index (κ2) is 6.20. The summed E-state index contributed by atoms with van der Waals surface area (Å²) in [6.45, 7) is 5.87. The van der Waals surface area contributed by atoms with E-state index in [0.29, 0.717) is 5.56 Å². The van der Waals surface area contributed by atoms with E-state index in [0.717, 1.165) is 6.07 Å². The molecule has 1 heterocycles. The number of carbonyl (C=O) groups excluding carboxylic acids is 1. The molecular weight excluding hydrogens is 301 g/mol. The second-order valence-electron chi connectivity index (χ2n) is 6.18. The maximum absolute atomic E-state index is 13.8. The number of amides is 1. The predicted molar refractivity (Wildman–Crippen MR) is 82.9 cm³/mol. The van der Waals surface area contributed by atoms with E-state index >= 15 is 0 Å². The Hall–Kier alpha value is -2.70. The van der Waals surface area contributed by atoms with Crippen LogP contribution in [-0.4, -0.2) is 26.8 Å². The largest absolute Gasteiger partial charge is 0.481 e. The lowest BCUT2D eigenvalue weighted by molar-refractivity contribution is -0.136. The Balaban J connectivity index is 2.13. The first-order valence-corrected chi connectivity index (χ1v) is 7.03. The van der Waals surface area contributed by atoms with Gasteiger partial charge in [-0.1, -0.05) is 6.07 Å². The highest BCUT2D eigenvalue weighted by molar-refractivity contribution is 6.03. The summed E-state index contributed by atoms with van der Waals surface area (Å²) in [5.74, 6) is -2.20. The average molecular weight is 319 g/mol. The quantitative estimate of drug-likeness (QED) is 0.907. The van der Waals surface area contributed by atoms with Gasteiger partial charge in [0.05, 0.1) is 23.7 Å². The van der Waals surface area contributed by atoms with Crippen molar-refractivity contribution >= 4 is 17.6 Å². The van der Waals surface area contributed by atoms with E-state index in [4.69, 9.17) is 5.11 Å². The topological polar surface area (TPSA) is 84.2 Å². The van der Waals surface area contributed by atoms with E-state index < -0.39 is 24.1 Å². The Morgan fingerprint density at radius 3 is 2.57 bits per heavy atom. The summed E-state index contributed by atoms with van der Waals surface area (Å²) >= 11 is 0. The molecule has 0 bridgehead atoms. The molecule has 2 N–H and O–H groups in total. The van der Waals surface area contributed by atoms with Crippen molar-refractivity contribution in [3.8, 4) is 0 Å². The minimum absolute atomic E-state index is 0.0658. The number of rotatable bonds is 4. The van der Waals surface area contributed by atoms with E-state index in [1.54, 1.807) is 10.9 Å². The number of benzene rings is 1. The number of anilines is 1. The maximum Gasteiger partial charge on any atom is 0.307 e. The van der Waals surface area contributed by atoms with Gasteiger partial charge in [0.2, 0.25) is 0 Å². The Labute approximate surface area is 132 Å². The number of hydrogen-bond acceptors (Lipinski definition) is 3. The predicted octanol–water partition coefficient (Wildman–Crippen LogP) is 2.66. The van der Waals surface area contributed by atoms with Gasteiger partial charge in [0.1, 0.15) is 5.82 Å². The standard InChI is InChI=1S/C16H18FN3O3/c1-16(2,3)20-9-11(8-18-20)15(23)19-12-5-4-10(6-14(21)22)13(17)7-12/h4-5,7-9H,6H2,1-3H3,(H,19,23)(H,21,22). The molecule has 7 heteroatoms. The molecule has 6 nitrogen and oxygen atoms in total. The molecule has 0 atom stereocenters. The van der Waals surface area contributed by atoms with Gasteiger partial charge in [0.15, 0.2) is 0 Å². The van der Waals surface area contributed by atoms with Crippen LogP contribution < -0.4 is 5.32 Å². The monoisotopic (exact) mass is 319 g/mol. The Bertz CT molecular complexity index is 747. The van der Waals surface area contributed by atoms with Gasteiger partial charge in [0, 0.05) is 11.9 Å². The lowest BCUT2D eigenvalue weighted by Crippen LogP contribution is -2.22. The summed E-state index contributed by atoms with van der Waals surface area (Å²) < 4.78 is 15.5. The van der Waals surface area contributed by atoms with Crippen LogP contribution in [0.5, 0.6) is 0 Å². The fourth-order valence-corrected chi connectivity index (χ4v) is 1.94. The number of halogens is 1. The van der Waals surface area contributed by atoms with Gasteiger partial charge < -0.3 is 10.4 Å². The lowest BCUT2D eigenvalue weighted by atomic mass is 10.1. The molecule has 0 saturated heterocycles. The Kier molecular flexibility index (Phi) is 4.49. The highest BCUT2D eigenvalue weighted by atomic mass is 19.1. The van der Waals surface area contributed by atoms with E-state index in [-0.39, 0.29) is 16.8 Å². The molecule has 0 aliphatic rings. The zero-order chi connectivity index (χ0) is 17.2. The van der Waals surface area contributed by atoms with Gasteiger partial charge in [-0.05, 0) is 38.5 Å². The first-order chi connectivity index (χ1) is 10.7.